The molecule has 8 heteroatoms. The molecular formula is C24H27NO7. The molecule has 170 valence electrons. The highest BCUT2D eigenvalue weighted by molar-refractivity contribution is 5.94. The highest BCUT2D eigenvalue weighted by Gasteiger charge is 2.48. The second-order valence-corrected chi connectivity index (χ2v) is 8.23. The van der Waals surface area contributed by atoms with Crippen LogP contribution < -0.4 is 9.80 Å². The third-order valence-corrected chi connectivity index (χ3v) is 5.53. The van der Waals surface area contributed by atoms with Crippen molar-refractivity contribution in [3.05, 3.63) is 59.2 Å². The van der Waals surface area contributed by atoms with Gasteiger partial charge in [-0.25, -0.2) is 14.7 Å². The fraction of sp³-hybridized carbons (Fsp3) is 0.417. The quantitative estimate of drug-likeness (QED) is 0.368. The van der Waals surface area contributed by atoms with Crippen molar-refractivity contribution in [1.29, 1.82) is 0 Å². The molecule has 4 rings (SSSR count). The van der Waals surface area contributed by atoms with E-state index in [0.29, 0.717) is 29.1 Å². The van der Waals surface area contributed by atoms with Crippen LogP contribution in [0.15, 0.2) is 42.5 Å². The first kappa shape index (κ1) is 22.3. The van der Waals surface area contributed by atoms with Gasteiger partial charge in [0.25, 0.3) is 0 Å². The maximum Gasteiger partial charge on any atom is 0.338 e. The Morgan fingerprint density at radius 1 is 1.19 bits per heavy atom. The molecule has 1 saturated heterocycles. The minimum atomic E-state index is -0.947. The van der Waals surface area contributed by atoms with Gasteiger partial charge in [0.1, 0.15) is 24.6 Å². The fourth-order valence-electron chi connectivity index (χ4n) is 3.62. The van der Waals surface area contributed by atoms with Gasteiger partial charge in [0, 0.05) is 19.1 Å². The Bertz CT molecular complexity index is 1000. The Morgan fingerprint density at radius 2 is 1.94 bits per heavy atom. The lowest BCUT2D eigenvalue weighted by Gasteiger charge is -2.34. The summed E-state index contributed by atoms with van der Waals surface area (Å²) in [5.74, 6) is -1.07. The van der Waals surface area contributed by atoms with Crippen molar-refractivity contribution in [2.24, 2.45) is 0 Å². The summed E-state index contributed by atoms with van der Waals surface area (Å²) in [6.45, 7) is 4.13. The number of carbonyl (C=O) groups is 2. The number of anilines is 1. The molecule has 2 aromatic carbocycles. The van der Waals surface area contributed by atoms with Crippen LogP contribution in [-0.4, -0.2) is 50.5 Å². The summed E-state index contributed by atoms with van der Waals surface area (Å²) >= 11 is 0. The minimum Gasteiger partial charge on any atom is -0.489 e. The molecule has 0 unspecified atom stereocenters. The van der Waals surface area contributed by atoms with E-state index in [2.05, 4.69) is 0 Å². The molecule has 0 aliphatic carbocycles. The highest BCUT2D eigenvalue weighted by Crippen LogP contribution is 2.39. The van der Waals surface area contributed by atoms with Crippen LogP contribution in [0.5, 0.6) is 5.75 Å². The highest BCUT2D eigenvalue weighted by atomic mass is 16.8. The summed E-state index contributed by atoms with van der Waals surface area (Å²) < 4.78 is 22.1. The van der Waals surface area contributed by atoms with E-state index >= 15 is 0 Å². The molecule has 0 radical (unpaired) electrons. The molecule has 2 aliphatic heterocycles. The zero-order valence-corrected chi connectivity index (χ0v) is 18.6. The van der Waals surface area contributed by atoms with E-state index < -0.39 is 17.9 Å². The standard InChI is InChI=1S/C24H27NO7/c1-24(2,29-4)32-25-13-21-22(31-21)19(26)12-17-18(25)10-16(23(27)28-3)11-20(17)30-14-15-8-6-5-7-9-15/h5-11,21-22H,12-14H2,1-4H3/t21-,22+/m1/s1. The molecular weight excluding hydrogens is 414 g/mol. The number of esters is 1. The van der Waals surface area contributed by atoms with Crippen molar-refractivity contribution >= 4 is 17.4 Å². The van der Waals surface area contributed by atoms with Crippen molar-refractivity contribution in [3.8, 4) is 5.75 Å². The second-order valence-electron chi connectivity index (χ2n) is 8.23. The predicted octanol–water partition coefficient (Wildman–Crippen LogP) is 3.07. The number of hydrogen-bond acceptors (Lipinski definition) is 8. The largest absolute Gasteiger partial charge is 0.489 e. The number of hydrogen-bond donors (Lipinski definition) is 0. The third kappa shape index (κ3) is 4.77. The minimum absolute atomic E-state index is 0.0303. The van der Waals surface area contributed by atoms with E-state index in [9.17, 15) is 9.59 Å². The molecule has 0 N–H and O–H groups in total. The van der Waals surface area contributed by atoms with Gasteiger partial charge in [-0.3, -0.25) is 4.79 Å². The lowest BCUT2D eigenvalue weighted by molar-refractivity contribution is -0.205. The van der Waals surface area contributed by atoms with Gasteiger partial charge in [-0.15, -0.1) is 0 Å². The van der Waals surface area contributed by atoms with Crippen LogP contribution in [0.4, 0.5) is 5.69 Å². The van der Waals surface area contributed by atoms with Crippen molar-refractivity contribution in [2.45, 2.75) is 44.9 Å². The molecule has 8 nitrogen and oxygen atoms in total. The lowest BCUT2D eigenvalue weighted by Crippen LogP contribution is -2.41. The third-order valence-electron chi connectivity index (χ3n) is 5.53. The van der Waals surface area contributed by atoms with Gasteiger partial charge in [-0.05, 0) is 31.5 Å². The summed E-state index contributed by atoms with van der Waals surface area (Å²) in [5, 5.41) is 1.62. The van der Waals surface area contributed by atoms with Gasteiger partial charge in [0.15, 0.2) is 11.6 Å². The van der Waals surface area contributed by atoms with Crippen LogP contribution in [-0.2, 0) is 36.9 Å². The van der Waals surface area contributed by atoms with Crippen molar-refractivity contribution in [1.82, 2.24) is 0 Å². The Kier molecular flexibility index (Phi) is 6.19. The van der Waals surface area contributed by atoms with Crippen molar-refractivity contribution in [2.75, 3.05) is 25.8 Å². The number of ketones is 1. The summed E-state index contributed by atoms with van der Waals surface area (Å²) in [5.41, 5.74) is 2.42. The molecule has 0 amide bonds. The van der Waals surface area contributed by atoms with Gasteiger partial charge in [0.2, 0.25) is 0 Å². The zero-order chi connectivity index (χ0) is 22.9. The number of methoxy groups -OCH3 is 2. The van der Waals surface area contributed by atoms with Crippen LogP contribution in [0.2, 0.25) is 0 Å². The predicted molar refractivity (Wildman–Crippen MR) is 115 cm³/mol. The molecule has 2 atom stereocenters. The molecule has 0 saturated carbocycles. The van der Waals surface area contributed by atoms with Gasteiger partial charge < -0.3 is 18.9 Å². The molecule has 2 aliphatic rings. The van der Waals surface area contributed by atoms with E-state index in [-0.39, 0.29) is 24.9 Å². The molecule has 2 aromatic rings. The monoisotopic (exact) mass is 441 g/mol. The topological polar surface area (TPSA) is 86.8 Å². The molecule has 0 spiro atoms. The first-order chi connectivity index (χ1) is 15.3. The van der Waals surface area contributed by atoms with Crippen LogP contribution in [0.1, 0.15) is 35.3 Å². The lowest BCUT2D eigenvalue weighted by atomic mass is 9.98. The number of Topliss-reactive ketones (excluding diaryl/α,β-unsaturated/α-hetero) is 1. The first-order valence-corrected chi connectivity index (χ1v) is 10.4. The smallest absolute Gasteiger partial charge is 0.338 e. The normalized spacial score (nSPS) is 20.0. The molecule has 1 fully saturated rings. The maximum atomic E-state index is 12.8. The van der Waals surface area contributed by atoms with Gasteiger partial charge in [-0.2, -0.15) is 0 Å². The Morgan fingerprint density at radius 3 is 2.62 bits per heavy atom. The number of benzene rings is 2. The number of rotatable bonds is 7. The average molecular weight is 441 g/mol. The van der Waals surface area contributed by atoms with Crippen LogP contribution in [0.25, 0.3) is 0 Å². The fourth-order valence-corrected chi connectivity index (χ4v) is 3.62. The van der Waals surface area contributed by atoms with E-state index in [1.807, 2.05) is 30.3 Å². The van der Waals surface area contributed by atoms with Crippen molar-refractivity contribution in [3.63, 3.8) is 0 Å². The number of nitrogens with zero attached hydrogens (tertiary/aromatic N) is 1. The van der Waals surface area contributed by atoms with E-state index in [4.69, 9.17) is 23.8 Å². The molecule has 0 bridgehead atoms. The van der Waals surface area contributed by atoms with Gasteiger partial charge in [0.05, 0.1) is 24.9 Å². The molecule has 32 heavy (non-hydrogen) atoms. The van der Waals surface area contributed by atoms with E-state index in [0.717, 1.165) is 5.56 Å². The SMILES string of the molecule is COC(=O)c1cc(OCc2ccccc2)c2c(c1)N(OC(C)(C)OC)C[C@H]1O[C@H]1C(=O)C2. The summed E-state index contributed by atoms with van der Waals surface area (Å²) in [7, 11) is 2.86. The van der Waals surface area contributed by atoms with Crippen LogP contribution in [0.3, 0.4) is 0 Å². The molecule has 0 aromatic heterocycles. The Balaban J connectivity index is 1.78. The van der Waals surface area contributed by atoms with Gasteiger partial charge >= 0.3 is 5.97 Å². The number of carbonyl (C=O) groups excluding carboxylic acids is 2. The van der Waals surface area contributed by atoms with Gasteiger partial charge in [-0.1, -0.05) is 30.3 Å². The first-order valence-electron chi connectivity index (χ1n) is 10.4. The number of hydroxylamine groups is 1. The van der Waals surface area contributed by atoms with E-state index in [1.54, 1.807) is 38.2 Å². The number of ether oxygens (including phenoxy) is 4. The maximum absolute atomic E-state index is 12.8. The second kappa shape index (κ2) is 8.90. The van der Waals surface area contributed by atoms with Crippen molar-refractivity contribution < 1.29 is 33.4 Å². The molecule has 2 heterocycles. The number of fused-ring (bicyclic) bond motifs is 2. The average Bonchev–Trinajstić information content (AvgIpc) is 3.55. The summed E-state index contributed by atoms with van der Waals surface area (Å²) in [4.78, 5) is 31.3. The Hall–Kier alpha value is -2.94. The van der Waals surface area contributed by atoms with Crippen LogP contribution >= 0.6 is 0 Å². The van der Waals surface area contributed by atoms with Crippen LogP contribution in [0, 0.1) is 0 Å². The zero-order valence-electron chi connectivity index (χ0n) is 18.6. The number of epoxide rings is 1. The Labute approximate surface area is 186 Å². The van der Waals surface area contributed by atoms with E-state index in [1.165, 1.54) is 7.11 Å². The summed E-state index contributed by atoms with van der Waals surface area (Å²) in [6, 6.07) is 12.9. The summed E-state index contributed by atoms with van der Waals surface area (Å²) in [6.07, 6.45) is -0.657.